The maximum Gasteiger partial charge on any atom is 0.350 e. The van der Waals surface area contributed by atoms with Crippen LogP contribution in [0.4, 0.5) is 11.4 Å². The van der Waals surface area contributed by atoms with Gasteiger partial charge in [0.2, 0.25) is 0 Å². The zero-order chi connectivity index (χ0) is 19.6. The molecular formula is C18H13ClN2O5S. The fourth-order valence-electron chi connectivity index (χ4n) is 2.39. The van der Waals surface area contributed by atoms with E-state index in [2.05, 4.69) is 5.32 Å². The smallest absolute Gasteiger partial charge is 0.350 e. The topological polar surface area (TPSA) is 98.5 Å². The quantitative estimate of drug-likeness (QED) is 0.381. The van der Waals surface area contributed by atoms with Crippen LogP contribution in [0.1, 0.15) is 15.2 Å². The van der Waals surface area contributed by atoms with Gasteiger partial charge in [0.25, 0.3) is 11.6 Å². The summed E-state index contributed by atoms with van der Waals surface area (Å²) >= 11 is 7.39. The average Bonchev–Trinajstić information content (AvgIpc) is 2.98. The van der Waals surface area contributed by atoms with Crippen LogP contribution in [-0.4, -0.2) is 23.4 Å². The molecule has 0 radical (unpaired) electrons. The van der Waals surface area contributed by atoms with Crippen molar-refractivity contribution in [2.24, 2.45) is 0 Å². The molecule has 3 rings (SSSR count). The zero-order valence-corrected chi connectivity index (χ0v) is 15.6. The lowest BCUT2D eigenvalue weighted by atomic mass is 10.2. The Morgan fingerprint density at radius 1 is 1.26 bits per heavy atom. The van der Waals surface area contributed by atoms with Crippen molar-refractivity contribution in [2.75, 3.05) is 11.9 Å². The molecule has 0 aliphatic carbocycles. The highest BCUT2D eigenvalue weighted by molar-refractivity contribution is 7.21. The number of thiophene rings is 1. The highest BCUT2D eigenvalue weighted by Crippen LogP contribution is 2.35. The van der Waals surface area contributed by atoms with Crippen molar-refractivity contribution in [3.8, 4) is 0 Å². The number of non-ortho nitro benzene ring substituents is 1. The first-order valence-corrected chi connectivity index (χ1v) is 8.95. The van der Waals surface area contributed by atoms with Gasteiger partial charge >= 0.3 is 5.97 Å². The number of aryl methyl sites for hydroxylation is 1. The first-order chi connectivity index (χ1) is 12.9. The molecule has 1 N–H and O–H groups in total. The molecule has 0 unspecified atom stereocenters. The van der Waals surface area contributed by atoms with Crippen LogP contribution < -0.4 is 5.32 Å². The predicted octanol–water partition coefficient (Wildman–Crippen LogP) is 4.57. The molecule has 1 amide bonds. The number of rotatable bonds is 5. The van der Waals surface area contributed by atoms with Crippen molar-refractivity contribution in [2.45, 2.75) is 6.92 Å². The number of halogens is 1. The second-order valence-electron chi connectivity index (χ2n) is 5.62. The molecule has 1 aromatic heterocycles. The molecule has 0 fully saturated rings. The molecule has 3 aromatic rings. The van der Waals surface area contributed by atoms with Gasteiger partial charge in [-0.2, -0.15) is 0 Å². The third-order valence-corrected chi connectivity index (χ3v) is 5.42. The SMILES string of the molecule is Cc1ccc([N+](=O)[O-])cc1NC(=O)COC(=O)c1sc2ccccc2c1Cl. The Morgan fingerprint density at radius 3 is 2.70 bits per heavy atom. The maximum absolute atomic E-state index is 12.2. The van der Waals surface area contributed by atoms with Crippen LogP contribution >= 0.6 is 22.9 Å². The fraction of sp³-hybridized carbons (Fsp3) is 0.111. The van der Waals surface area contributed by atoms with Gasteiger partial charge in [0.05, 0.1) is 15.6 Å². The number of nitrogens with one attached hydrogen (secondary N) is 1. The number of hydrogen-bond acceptors (Lipinski definition) is 6. The number of ether oxygens (including phenoxy) is 1. The van der Waals surface area contributed by atoms with Gasteiger partial charge in [-0.1, -0.05) is 35.9 Å². The third kappa shape index (κ3) is 4.07. The molecule has 0 aliphatic rings. The molecule has 0 atom stereocenters. The van der Waals surface area contributed by atoms with Crippen molar-refractivity contribution in [3.05, 3.63) is 68.0 Å². The highest BCUT2D eigenvalue weighted by atomic mass is 35.5. The number of fused-ring (bicyclic) bond motifs is 1. The molecular weight excluding hydrogens is 392 g/mol. The third-order valence-electron chi connectivity index (χ3n) is 3.76. The molecule has 0 bridgehead atoms. The first kappa shape index (κ1) is 18.8. The normalized spacial score (nSPS) is 10.6. The summed E-state index contributed by atoms with van der Waals surface area (Å²) in [7, 11) is 0. The van der Waals surface area contributed by atoms with Gasteiger partial charge in [0.1, 0.15) is 4.88 Å². The molecule has 9 heteroatoms. The molecule has 138 valence electrons. The van der Waals surface area contributed by atoms with E-state index >= 15 is 0 Å². The van der Waals surface area contributed by atoms with E-state index in [9.17, 15) is 19.7 Å². The van der Waals surface area contributed by atoms with Crippen molar-refractivity contribution in [3.63, 3.8) is 0 Å². The number of carbonyl (C=O) groups is 2. The molecule has 1 heterocycles. The second kappa shape index (κ2) is 7.73. The summed E-state index contributed by atoms with van der Waals surface area (Å²) in [6.45, 7) is 1.16. The zero-order valence-electron chi connectivity index (χ0n) is 14.0. The summed E-state index contributed by atoms with van der Waals surface area (Å²) < 4.78 is 5.87. The number of amides is 1. The fourth-order valence-corrected chi connectivity index (χ4v) is 3.79. The van der Waals surface area contributed by atoms with Gasteiger partial charge in [-0.25, -0.2) is 4.79 Å². The predicted molar refractivity (Wildman–Crippen MR) is 104 cm³/mol. The standard InChI is InChI=1S/C18H13ClN2O5S/c1-10-6-7-11(21(24)25)8-13(10)20-15(22)9-26-18(23)17-16(19)12-4-2-3-5-14(12)27-17/h2-8H,9H2,1H3,(H,20,22). The van der Waals surface area contributed by atoms with E-state index in [0.29, 0.717) is 5.56 Å². The van der Waals surface area contributed by atoms with Crippen LogP contribution in [0.2, 0.25) is 5.02 Å². The Hall–Kier alpha value is -2.97. The molecule has 0 saturated heterocycles. The minimum atomic E-state index is -0.702. The maximum atomic E-state index is 12.2. The van der Waals surface area contributed by atoms with Crippen LogP contribution in [0.15, 0.2) is 42.5 Å². The van der Waals surface area contributed by atoms with Crippen molar-refractivity contribution >= 4 is 56.3 Å². The molecule has 7 nitrogen and oxygen atoms in total. The van der Waals surface area contributed by atoms with Crippen LogP contribution in [0.5, 0.6) is 0 Å². The monoisotopic (exact) mass is 404 g/mol. The lowest BCUT2D eigenvalue weighted by molar-refractivity contribution is -0.384. The van der Waals surface area contributed by atoms with Crippen molar-refractivity contribution in [1.29, 1.82) is 0 Å². The van der Waals surface area contributed by atoms with E-state index in [1.165, 1.54) is 29.5 Å². The van der Waals surface area contributed by atoms with Crippen LogP contribution in [0, 0.1) is 17.0 Å². The Kier molecular flexibility index (Phi) is 5.38. The highest BCUT2D eigenvalue weighted by Gasteiger charge is 2.19. The number of esters is 1. The van der Waals surface area contributed by atoms with Gasteiger partial charge < -0.3 is 10.1 Å². The number of carbonyl (C=O) groups excluding carboxylic acids is 2. The Balaban J connectivity index is 1.67. The van der Waals surface area contributed by atoms with Crippen molar-refractivity contribution < 1.29 is 19.2 Å². The van der Waals surface area contributed by atoms with E-state index in [4.69, 9.17) is 16.3 Å². The summed E-state index contributed by atoms with van der Waals surface area (Å²) in [5.74, 6) is -1.31. The summed E-state index contributed by atoms with van der Waals surface area (Å²) in [5, 5.41) is 14.4. The van der Waals surface area contributed by atoms with Gasteiger partial charge in [-0.3, -0.25) is 14.9 Å². The van der Waals surface area contributed by atoms with Gasteiger partial charge in [0, 0.05) is 22.2 Å². The molecule has 27 heavy (non-hydrogen) atoms. The summed E-state index contributed by atoms with van der Waals surface area (Å²) in [5.41, 5.74) is 0.780. The van der Waals surface area contributed by atoms with E-state index < -0.39 is 23.4 Å². The second-order valence-corrected chi connectivity index (χ2v) is 7.05. The van der Waals surface area contributed by atoms with Gasteiger partial charge in [-0.05, 0) is 18.6 Å². The number of anilines is 1. The van der Waals surface area contributed by atoms with Crippen LogP contribution in [0.25, 0.3) is 10.1 Å². The van der Waals surface area contributed by atoms with Gasteiger partial charge in [-0.15, -0.1) is 11.3 Å². The summed E-state index contributed by atoms with van der Waals surface area (Å²) in [6, 6.07) is 11.4. The van der Waals surface area contributed by atoms with E-state index in [0.717, 1.165) is 10.1 Å². The summed E-state index contributed by atoms with van der Waals surface area (Å²) in [4.78, 5) is 34.8. The summed E-state index contributed by atoms with van der Waals surface area (Å²) in [6.07, 6.45) is 0. The average molecular weight is 405 g/mol. The molecule has 0 spiro atoms. The Labute approximate surface area is 162 Å². The van der Waals surface area contributed by atoms with Crippen LogP contribution in [-0.2, 0) is 9.53 Å². The van der Waals surface area contributed by atoms with Gasteiger partial charge in [0.15, 0.2) is 6.61 Å². The lowest BCUT2D eigenvalue weighted by Crippen LogP contribution is -2.21. The van der Waals surface area contributed by atoms with E-state index in [1.807, 2.05) is 18.2 Å². The largest absolute Gasteiger partial charge is 0.451 e. The minimum Gasteiger partial charge on any atom is -0.451 e. The number of nitro groups is 1. The molecule has 0 aliphatic heterocycles. The number of hydrogen-bond donors (Lipinski definition) is 1. The Morgan fingerprint density at radius 2 is 2.00 bits per heavy atom. The molecule has 2 aromatic carbocycles. The van der Waals surface area contributed by atoms with E-state index in [1.54, 1.807) is 13.0 Å². The first-order valence-electron chi connectivity index (χ1n) is 7.76. The number of benzene rings is 2. The minimum absolute atomic E-state index is 0.148. The van der Waals surface area contributed by atoms with Crippen molar-refractivity contribution in [1.82, 2.24) is 0 Å². The Bertz CT molecular complexity index is 1060. The van der Waals surface area contributed by atoms with Crippen LogP contribution in [0.3, 0.4) is 0 Å². The number of nitro benzene ring substituents is 1. The number of nitrogens with zero attached hydrogens (tertiary/aromatic N) is 1. The lowest BCUT2D eigenvalue weighted by Gasteiger charge is -2.08. The molecule has 0 saturated carbocycles. The van der Waals surface area contributed by atoms with E-state index in [-0.39, 0.29) is 21.3 Å².